The molecule has 0 aliphatic heterocycles. The molecule has 0 heterocycles. The van der Waals surface area contributed by atoms with Crippen LogP contribution in [0.1, 0.15) is 0 Å². The van der Waals surface area contributed by atoms with E-state index in [0.29, 0.717) is 5.69 Å². The molecule has 0 aliphatic rings. The summed E-state index contributed by atoms with van der Waals surface area (Å²) in [6.45, 7) is 0. The summed E-state index contributed by atoms with van der Waals surface area (Å²) in [6.07, 6.45) is 0. The van der Waals surface area contributed by atoms with E-state index in [2.05, 4.69) is 5.32 Å². The third kappa shape index (κ3) is 2.06. The molecule has 3 nitrogen and oxygen atoms in total. The minimum absolute atomic E-state index is 0.716. The first kappa shape index (κ1) is 11.4. The van der Waals surface area contributed by atoms with Gasteiger partial charge in [0.25, 0.3) is 0 Å². The van der Waals surface area contributed by atoms with Crippen molar-refractivity contribution in [3.63, 3.8) is 0 Å². The Morgan fingerprint density at radius 2 is 1.47 bits per heavy atom. The molecule has 0 aromatic heterocycles. The smallest absolute Gasteiger partial charge is 0.0633 e. The van der Waals surface area contributed by atoms with E-state index in [9.17, 15) is 0 Å². The largest absolute Gasteiger partial charge is 0.398 e. The summed E-state index contributed by atoms with van der Waals surface area (Å²) in [5, 5.41) is 5.28. The summed E-state index contributed by atoms with van der Waals surface area (Å²) in [4.78, 5) is 0. The van der Waals surface area contributed by atoms with Crippen LogP contribution in [-0.4, -0.2) is 0 Å². The standard InChI is InChI=1S/C16H15N3/c17-14-8-4-7-13-12(14)9-10-15(16(13)18)19-11-5-2-1-3-6-11/h1-10,19H,17-18H2. The van der Waals surface area contributed by atoms with Gasteiger partial charge in [0.15, 0.2) is 0 Å². The molecule has 0 bridgehead atoms. The molecule has 94 valence electrons. The first-order valence-electron chi connectivity index (χ1n) is 6.14. The van der Waals surface area contributed by atoms with Gasteiger partial charge in [-0.25, -0.2) is 0 Å². The summed E-state index contributed by atoms with van der Waals surface area (Å²) in [7, 11) is 0. The summed E-state index contributed by atoms with van der Waals surface area (Å²) in [6, 6.07) is 19.7. The highest BCUT2D eigenvalue weighted by Crippen LogP contribution is 2.33. The van der Waals surface area contributed by atoms with E-state index >= 15 is 0 Å². The van der Waals surface area contributed by atoms with Crippen molar-refractivity contribution in [1.82, 2.24) is 0 Å². The van der Waals surface area contributed by atoms with E-state index in [0.717, 1.165) is 27.8 Å². The molecule has 0 atom stereocenters. The molecule has 5 N–H and O–H groups in total. The number of benzene rings is 3. The van der Waals surface area contributed by atoms with Crippen molar-refractivity contribution < 1.29 is 0 Å². The van der Waals surface area contributed by atoms with Gasteiger partial charge in [-0.1, -0.05) is 36.4 Å². The first-order chi connectivity index (χ1) is 9.25. The van der Waals surface area contributed by atoms with Gasteiger partial charge in [-0.15, -0.1) is 0 Å². The Labute approximate surface area is 111 Å². The number of nitrogens with one attached hydrogen (secondary N) is 1. The summed E-state index contributed by atoms with van der Waals surface area (Å²) in [5.41, 5.74) is 15.5. The van der Waals surface area contributed by atoms with E-state index in [1.54, 1.807) is 0 Å². The second-order valence-electron chi connectivity index (χ2n) is 4.46. The molecular weight excluding hydrogens is 234 g/mol. The van der Waals surface area contributed by atoms with Crippen LogP contribution in [0.15, 0.2) is 60.7 Å². The molecule has 0 saturated carbocycles. The molecule has 3 aromatic carbocycles. The van der Waals surface area contributed by atoms with Crippen molar-refractivity contribution >= 4 is 33.5 Å². The zero-order chi connectivity index (χ0) is 13.2. The predicted molar refractivity (Wildman–Crippen MR) is 82.5 cm³/mol. The number of para-hydroxylation sites is 1. The number of hydrogen-bond donors (Lipinski definition) is 3. The number of anilines is 4. The Hall–Kier alpha value is -2.68. The summed E-state index contributed by atoms with van der Waals surface area (Å²) < 4.78 is 0. The first-order valence-corrected chi connectivity index (χ1v) is 6.14. The van der Waals surface area contributed by atoms with Crippen LogP contribution in [0.25, 0.3) is 10.8 Å². The second kappa shape index (κ2) is 4.53. The molecule has 0 fully saturated rings. The Bertz CT molecular complexity index is 721. The second-order valence-corrected chi connectivity index (χ2v) is 4.46. The lowest BCUT2D eigenvalue weighted by molar-refractivity contribution is 1.56. The summed E-state index contributed by atoms with van der Waals surface area (Å²) in [5.74, 6) is 0. The molecule has 3 heteroatoms. The minimum Gasteiger partial charge on any atom is -0.398 e. The molecule has 0 spiro atoms. The maximum Gasteiger partial charge on any atom is 0.0633 e. The van der Waals surface area contributed by atoms with Crippen molar-refractivity contribution in [3.8, 4) is 0 Å². The number of fused-ring (bicyclic) bond motifs is 1. The number of hydrogen-bond acceptors (Lipinski definition) is 3. The Morgan fingerprint density at radius 3 is 2.26 bits per heavy atom. The van der Waals surface area contributed by atoms with Crippen molar-refractivity contribution in [2.24, 2.45) is 0 Å². The maximum atomic E-state index is 6.22. The van der Waals surface area contributed by atoms with Gasteiger partial charge in [-0.2, -0.15) is 0 Å². The number of rotatable bonds is 2. The SMILES string of the molecule is Nc1cccc2c(N)c(Nc3ccccc3)ccc12. The quantitative estimate of drug-likeness (QED) is 0.606. The van der Waals surface area contributed by atoms with Crippen LogP contribution < -0.4 is 16.8 Å². The van der Waals surface area contributed by atoms with Gasteiger partial charge in [0.05, 0.1) is 11.4 Å². The topological polar surface area (TPSA) is 64.1 Å². The molecule has 0 unspecified atom stereocenters. The van der Waals surface area contributed by atoms with Crippen molar-refractivity contribution in [1.29, 1.82) is 0 Å². The lowest BCUT2D eigenvalue weighted by Crippen LogP contribution is -1.98. The third-order valence-corrected chi connectivity index (χ3v) is 3.19. The zero-order valence-electron chi connectivity index (χ0n) is 10.4. The van der Waals surface area contributed by atoms with Gasteiger partial charge in [0.2, 0.25) is 0 Å². The average Bonchev–Trinajstić information content (AvgIpc) is 2.44. The highest BCUT2D eigenvalue weighted by molar-refractivity contribution is 6.04. The lowest BCUT2D eigenvalue weighted by Gasteiger charge is -2.12. The van der Waals surface area contributed by atoms with Gasteiger partial charge >= 0.3 is 0 Å². The van der Waals surface area contributed by atoms with Crippen LogP contribution in [0.4, 0.5) is 22.7 Å². The van der Waals surface area contributed by atoms with Crippen LogP contribution >= 0.6 is 0 Å². The zero-order valence-corrected chi connectivity index (χ0v) is 10.4. The molecule has 19 heavy (non-hydrogen) atoms. The maximum absolute atomic E-state index is 6.22. The van der Waals surface area contributed by atoms with Crippen molar-refractivity contribution in [3.05, 3.63) is 60.7 Å². The van der Waals surface area contributed by atoms with E-state index in [-0.39, 0.29) is 0 Å². The molecule has 3 rings (SSSR count). The molecule has 0 saturated heterocycles. The normalized spacial score (nSPS) is 10.5. The minimum atomic E-state index is 0.716. The fraction of sp³-hybridized carbons (Fsp3) is 0. The lowest BCUT2D eigenvalue weighted by atomic mass is 10.1. The molecule has 0 amide bonds. The van der Waals surface area contributed by atoms with Gasteiger partial charge in [0.1, 0.15) is 0 Å². The van der Waals surface area contributed by atoms with Gasteiger partial charge in [-0.05, 0) is 24.3 Å². The van der Waals surface area contributed by atoms with E-state index < -0.39 is 0 Å². The summed E-state index contributed by atoms with van der Waals surface area (Å²) >= 11 is 0. The fourth-order valence-corrected chi connectivity index (χ4v) is 2.19. The Morgan fingerprint density at radius 1 is 0.684 bits per heavy atom. The van der Waals surface area contributed by atoms with Crippen LogP contribution in [0.3, 0.4) is 0 Å². The van der Waals surface area contributed by atoms with Gasteiger partial charge in [0, 0.05) is 22.1 Å². The van der Waals surface area contributed by atoms with Crippen LogP contribution in [0.2, 0.25) is 0 Å². The Kier molecular flexibility index (Phi) is 2.72. The Balaban J connectivity index is 2.08. The van der Waals surface area contributed by atoms with Crippen LogP contribution in [0.5, 0.6) is 0 Å². The molecule has 3 aromatic rings. The average molecular weight is 249 g/mol. The van der Waals surface area contributed by atoms with Crippen LogP contribution in [0, 0.1) is 0 Å². The van der Waals surface area contributed by atoms with E-state index in [4.69, 9.17) is 11.5 Å². The van der Waals surface area contributed by atoms with E-state index in [1.165, 1.54) is 0 Å². The highest BCUT2D eigenvalue weighted by Gasteiger charge is 2.06. The number of nitrogen functional groups attached to an aromatic ring is 2. The van der Waals surface area contributed by atoms with Crippen LogP contribution in [-0.2, 0) is 0 Å². The monoisotopic (exact) mass is 249 g/mol. The van der Waals surface area contributed by atoms with Crippen molar-refractivity contribution in [2.45, 2.75) is 0 Å². The highest BCUT2D eigenvalue weighted by atomic mass is 14.9. The molecule has 0 aliphatic carbocycles. The van der Waals surface area contributed by atoms with E-state index in [1.807, 2.05) is 60.7 Å². The fourth-order valence-electron chi connectivity index (χ4n) is 2.19. The molecule has 0 radical (unpaired) electrons. The molecular formula is C16H15N3. The predicted octanol–water partition coefficient (Wildman–Crippen LogP) is 3.75. The number of nitrogens with two attached hydrogens (primary N) is 2. The van der Waals surface area contributed by atoms with Gasteiger partial charge < -0.3 is 16.8 Å². The van der Waals surface area contributed by atoms with Gasteiger partial charge in [-0.3, -0.25) is 0 Å². The van der Waals surface area contributed by atoms with Crippen molar-refractivity contribution in [2.75, 3.05) is 16.8 Å². The third-order valence-electron chi connectivity index (χ3n) is 3.19.